The summed E-state index contributed by atoms with van der Waals surface area (Å²) in [6.07, 6.45) is 1.61. The van der Waals surface area contributed by atoms with Crippen molar-refractivity contribution >= 4 is 17.2 Å². The van der Waals surface area contributed by atoms with Crippen LogP contribution in [0.2, 0.25) is 0 Å². The number of rotatable bonds is 0. The van der Waals surface area contributed by atoms with Crippen LogP contribution in [0.5, 0.6) is 0 Å². The van der Waals surface area contributed by atoms with Crippen LogP contribution in [0.4, 0.5) is 0 Å². The molecule has 0 aromatic carbocycles. The summed E-state index contributed by atoms with van der Waals surface area (Å²) in [6, 6.07) is 1.87. The maximum atomic E-state index is 5.51. The van der Waals surface area contributed by atoms with Crippen LogP contribution < -0.4 is 16.5 Å². The molecule has 1 aromatic heterocycles. The number of furan rings is 1. The van der Waals surface area contributed by atoms with Crippen molar-refractivity contribution in [2.45, 2.75) is 5.50 Å². The number of nitrogens with zero attached hydrogens (tertiary/aromatic N) is 1. The van der Waals surface area contributed by atoms with E-state index in [2.05, 4.69) is 4.99 Å². The molecule has 52 valence electrons. The van der Waals surface area contributed by atoms with Crippen LogP contribution in [0.25, 0.3) is 5.41 Å². The van der Waals surface area contributed by atoms with E-state index in [0.717, 1.165) is 5.22 Å². The van der Waals surface area contributed by atoms with E-state index in [0.29, 0.717) is 5.55 Å². The van der Waals surface area contributed by atoms with E-state index >= 15 is 0 Å². The Morgan fingerprint density at radius 2 is 2.60 bits per heavy atom. The van der Waals surface area contributed by atoms with Gasteiger partial charge in [-0.3, -0.25) is 0 Å². The molecule has 4 heteroatoms. The predicted octanol–water partition coefficient (Wildman–Crippen LogP) is -0.374. The largest absolute Gasteiger partial charge is 0.446 e. The van der Waals surface area contributed by atoms with E-state index in [4.69, 9.17) is 10.2 Å². The zero-order chi connectivity index (χ0) is 6.97. The molecular weight excluding hydrogens is 148 g/mol. The quantitative estimate of drug-likeness (QED) is 0.554. The van der Waals surface area contributed by atoms with Crippen LogP contribution in [-0.4, -0.2) is 5.50 Å². The van der Waals surface area contributed by atoms with E-state index in [1.54, 1.807) is 6.26 Å². The first-order valence-corrected chi connectivity index (χ1v) is 3.83. The molecule has 1 unspecified atom stereocenters. The number of nitrogens with two attached hydrogens (primary N) is 1. The lowest BCUT2D eigenvalue weighted by atomic mass is 10.5. The summed E-state index contributed by atoms with van der Waals surface area (Å²) in [5.74, 6) is 0. The van der Waals surface area contributed by atoms with Gasteiger partial charge >= 0.3 is 0 Å². The topological polar surface area (TPSA) is 51.5 Å². The molecule has 0 bridgehead atoms. The Hall–Kier alpha value is -0.740. The maximum absolute atomic E-state index is 5.51. The van der Waals surface area contributed by atoms with Gasteiger partial charge in [-0.25, -0.2) is 4.99 Å². The van der Waals surface area contributed by atoms with Gasteiger partial charge in [0.2, 0.25) is 5.55 Å². The zero-order valence-corrected chi connectivity index (χ0v) is 5.97. The summed E-state index contributed by atoms with van der Waals surface area (Å²) in [6.45, 7) is 0. The fourth-order valence-corrected chi connectivity index (χ4v) is 1.42. The van der Waals surface area contributed by atoms with E-state index < -0.39 is 0 Å². The van der Waals surface area contributed by atoms with Gasteiger partial charge in [0.15, 0.2) is 5.50 Å². The van der Waals surface area contributed by atoms with Crippen molar-refractivity contribution in [3.05, 3.63) is 23.1 Å². The lowest BCUT2D eigenvalue weighted by Gasteiger charge is -2.01. The van der Waals surface area contributed by atoms with Gasteiger partial charge < -0.3 is 10.2 Å². The summed E-state index contributed by atoms with van der Waals surface area (Å²) in [4.78, 5) is 4.05. The van der Waals surface area contributed by atoms with Gasteiger partial charge in [-0.1, -0.05) is 11.8 Å². The zero-order valence-electron chi connectivity index (χ0n) is 5.15. The van der Waals surface area contributed by atoms with Crippen molar-refractivity contribution in [2.75, 3.05) is 0 Å². The third-order valence-corrected chi connectivity index (χ3v) is 2.03. The minimum absolute atomic E-state index is 0.196. The first-order valence-electron chi connectivity index (χ1n) is 2.89. The molecule has 0 spiro atoms. The molecule has 1 aliphatic heterocycles. The average Bonchev–Trinajstić information content (AvgIpc) is 2.33. The van der Waals surface area contributed by atoms with Crippen LogP contribution in [0.15, 0.2) is 21.7 Å². The smallest absolute Gasteiger partial charge is 0.224 e. The molecule has 1 aromatic rings. The van der Waals surface area contributed by atoms with Gasteiger partial charge in [0.1, 0.15) is 0 Å². The SMILES string of the molecule is NC1N=c2occc2=CS1. The van der Waals surface area contributed by atoms with E-state index in [9.17, 15) is 0 Å². The van der Waals surface area contributed by atoms with Crippen LogP contribution in [0.3, 0.4) is 0 Å². The van der Waals surface area contributed by atoms with Crippen molar-refractivity contribution in [1.29, 1.82) is 0 Å². The molecule has 10 heavy (non-hydrogen) atoms. The third kappa shape index (κ3) is 0.853. The normalized spacial score (nSPS) is 22.7. The van der Waals surface area contributed by atoms with Crippen LogP contribution in [0.1, 0.15) is 0 Å². The first kappa shape index (κ1) is 6.00. The van der Waals surface area contributed by atoms with Gasteiger partial charge in [-0.05, 0) is 11.5 Å². The van der Waals surface area contributed by atoms with Crippen molar-refractivity contribution < 1.29 is 4.42 Å². The Kier molecular flexibility index (Phi) is 1.28. The van der Waals surface area contributed by atoms with Gasteiger partial charge in [0.25, 0.3) is 0 Å². The second-order valence-corrected chi connectivity index (χ2v) is 2.95. The highest BCUT2D eigenvalue weighted by molar-refractivity contribution is 8.07. The highest BCUT2D eigenvalue weighted by Gasteiger charge is 2.03. The molecule has 3 nitrogen and oxygen atoms in total. The molecular formula is C6H6N2OS. The molecule has 1 aliphatic rings. The molecule has 0 saturated carbocycles. The van der Waals surface area contributed by atoms with Crippen molar-refractivity contribution in [3.8, 4) is 0 Å². The molecule has 2 N–H and O–H groups in total. The van der Waals surface area contributed by atoms with E-state index in [1.165, 1.54) is 11.8 Å². The molecule has 0 amide bonds. The Balaban J connectivity index is 2.73. The molecule has 2 rings (SSSR count). The fourth-order valence-electron chi connectivity index (χ4n) is 0.795. The van der Waals surface area contributed by atoms with Crippen LogP contribution in [-0.2, 0) is 0 Å². The Bertz CT molecular complexity index is 343. The summed E-state index contributed by atoms with van der Waals surface area (Å²) < 4.78 is 5.04. The highest BCUT2D eigenvalue weighted by atomic mass is 32.2. The number of thioether (sulfide) groups is 1. The van der Waals surface area contributed by atoms with Crippen molar-refractivity contribution in [3.63, 3.8) is 0 Å². The summed E-state index contributed by atoms with van der Waals surface area (Å²) >= 11 is 1.49. The average molecular weight is 154 g/mol. The standard InChI is InChI=1S/C6H6N2OS/c7-6-8-5-4(3-10-6)1-2-9-5/h1-3,6H,7H2. The van der Waals surface area contributed by atoms with E-state index in [-0.39, 0.29) is 5.50 Å². The van der Waals surface area contributed by atoms with E-state index in [1.807, 2.05) is 11.5 Å². The number of fused-ring (bicyclic) bond motifs is 1. The van der Waals surface area contributed by atoms with Crippen molar-refractivity contribution in [2.24, 2.45) is 10.7 Å². The summed E-state index contributed by atoms with van der Waals surface area (Å²) in [5, 5.41) is 2.97. The molecule has 0 radical (unpaired) electrons. The maximum Gasteiger partial charge on any atom is 0.224 e. The van der Waals surface area contributed by atoms with Gasteiger partial charge in [-0.2, -0.15) is 0 Å². The van der Waals surface area contributed by atoms with Gasteiger partial charge in [-0.15, -0.1) is 0 Å². The first-order chi connectivity index (χ1) is 4.86. The molecule has 0 aliphatic carbocycles. The Morgan fingerprint density at radius 1 is 1.70 bits per heavy atom. The number of hydrogen-bond donors (Lipinski definition) is 1. The highest BCUT2D eigenvalue weighted by Crippen LogP contribution is 2.08. The molecule has 0 saturated heterocycles. The summed E-state index contributed by atoms with van der Waals surface area (Å²) in [5.41, 5.74) is 5.96. The third-order valence-electron chi connectivity index (χ3n) is 1.25. The monoisotopic (exact) mass is 154 g/mol. The molecule has 2 heterocycles. The predicted molar refractivity (Wildman–Crippen MR) is 39.5 cm³/mol. The lowest BCUT2D eigenvalue weighted by molar-refractivity contribution is 0.501. The minimum Gasteiger partial charge on any atom is -0.446 e. The molecule has 0 fully saturated rings. The second kappa shape index (κ2) is 2.14. The fraction of sp³-hybridized carbons (Fsp3) is 0.167. The van der Waals surface area contributed by atoms with Crippen LogP contribution >= 0.6 is 11.8 Å². The second-order valence-electron chi connectivity index (χ2n) is 1.95. The molecule has 1 atom stereocenters. The van der Waals surface area contributed by atoms with Crippen LogP contribution in [0, 0.1) is 0 Å². The Morgan fingerprint density at radius 3 is 3.50 bits per heavy atom. The lowest BCUT2D eigenvalue weighted by Crippen LogP contribution is -2.28. The van der Waals surface area contributed by atoms with Gasteiger partial charge in [0.05, 0.1) is 6.26 Å². The number of hydrogen-bond acceptors (Lipinski definition) is 4. The van der Waals surface area contributed by atoms with Crippen molar-refractivity contribution in [1.82, 2.24) is 0 Å². The summed E-state index contributed by atoms with van der Waals surface area (Å²) in [7, 11) is 0. The van der Waals surface area contributed by atoms with Gasteiger partial charge in [0, 0.05) is 5.22 Å². The minimum atomic E-state index is -0.196. The Labute approximate surface area is 61.6 Å².